The number of nitrogens with zero attached hydrogens (tertiary/aromatic N) is 1. The number of amidine groups is 1. The zero-order chi connectivity index (χ0) is 10.8. The number of hydrogen-bond acceptors (Lipinski definition) is 3. The van der Waals surface area contributed by atoms with Crippen molar-refractivity contribution in [3.63, 3.8) is 0 Å². The Bertz CT molecular complexity index is 423. The number of hydrogen-bond donors (Lipinski definition) is 1. The lowest BCUT2D eigenvalue weighted by atomic mass is 10.3. The first kappa shape index (κ1) is 10.6. The van der Waals surface area contributed by atoms with E-state index in [-0.39, 0.29) is 12.7 Å². The molecule has 80 valence electrons. The second-order valence-electron chi connectivity index (χ2n) is 2.87. The van der Waals surface area contributed by atoms with E-state index in [2.05, 4.69) is 20.9 Å². The molecule has 4 nitrogen and oxygen atoms in total. The minimum absolute atomic E-state index is 0.178. The fourth-order valence-corrected chi connectivity index (χ4v) is 1.67. The van der Waals surface area contributed by atoms with Crippen LogP contribution in [0.15, 0.2) is 21.6 Å². The molecule has 0 aromatic heterocycles. The molecule has 2 N–H and O–H groups in total. The van der Waals surface area contributed by atoms with Gasteiger partial charge >= 0.3 is 0 Å². The van der Waals surface area contributed by atoms with E-state index in [0.29, 0.717) is 23.0 Å². The first-order valence-electron chi connectivity index (χ1n) is 4.19. The molecule has 2 rings (SSSR count). The summed E-state index contributed by atoms with van der Waals surface area (Å²) in [5.74, 6) is 1.77. The second-order valence-corrected chi connectivity index (χ2v) is 3.99. The van der Waals surface area contributed by atoms with Crippen LogP contribution < -0.4 is 15.2 Å². The van der Waals surface area contributed by atoms with Crippen molar-refractivity contribution in [2.45, 2.75) is 0 Å². The fourth-order valence-electron chi connectivity index (χ4n) is 1.21. The molecule has 0 amide bonds. The van der Waals surface area contributed by atoms with Gasteiger partial charge in [-0.05, 0) is 28.1 Å². The predicted molar refractivity (Wildman–Crippen MR) is 62.3 cm³/mol. The van der Waals surface area contributed by atoms with E-state index in [1.165, 1.54) is 0 Å². The number of alkyl halides is 1. The van der Waals surface area contributed by atoms with Gasteiger partial charge in [0.2, 0.25) is 6.79 Å². The van der Waals surface area contributed by atoms with Gasteiger partial charge in [0.25, 0.3) is 0 Å². The molecule has 0 saturated heterocycles. The summed E-state index contributed by atoms with van der Waals surface area (Å²) >= 11 is 8.93. The number of benzene rings is 1. The van der Waals surface area contributed by atoms with Crippen molar-refractivity contribution in [1.82, 2.24) is 0 Å². The molecule has 0 fully saturated rings. The average molecular weight is 292 g/mol. The zero-order valence-electron chi connectivity index (χ0n) is 7.67. The molecule has 0 aliphatic carbocycles. The molecule has 1 aliphatic heterocycles. The van der Waals surface area contributed by atoms with Gasteiger partial charge in [0.1, 0.15) is 11.5 Å². The molecule has 1 aromatic rings. The molecule has 15 heavy (non-hydrogen) atoms. The molecular formula is C9H8BrClN2O2. The number of ether oxygens (including phenoxy) is 2. The topological polar surface area (TPSA) is 56.8 Å². The fraction of sp³-hybridized carbons (Fsp3) is 0.222. The minimum atomic E-state index is 0.178. The molecule has 0 unspecified atom stereocenters. The summed E-state index contributed by atoms with van der Waals surface area (Å²) in [5, 5.41) is 0. The van der Waals surface area contributed by atoms with Crippen LogP contribution >= 0.6 is 27.5 Å². The van der Waals surface area contributed by atoms with Crippen LogP contribution in [0, 0.1) is 0 Å². The van der Waals surface area contributed by atoms with Gasteiger partial charge in [-0.15, -0.1) is 11.6 Å². The maximum atomic E-state index is 5.57. The Kier molecular flexibility index (Phi) is 3.02. The smallest absolute Gasteiger partial charge is 0.231 e. The predicted octanol–water partition coefficient (Wildman–Crippen LogP) is 2.41. The Balaban J connectivity index is 2.50. The monoisotopic (exact) mass is 290 g/mol. The molecule has 0 bridgehead atoms. The van der Waals surface area contributed by atoms with Crippen molar-refractivity contribution in [2.75, 3.05) is 12.7 Å². The van der Waals surface area contributed by atoms with E-state index in [0.717, 1.165) is 4.47 Å². The van der Waals surface area contributed by atoms with Gasteiger partial charge < -0.3 is 15.2 Å². The van der Waals surface area contributed by atoms with Gasteiger partial charge in [-0.25, -0.2) is 4.99 Å². The zero-order valence-corrected chi connectivity index (χ0v) is 10.0. The van der Waals surface area contributed by atoms with Crippen molar-refractivity contribution in [1.29, 1.82) is 0 Å². The van der Waals surface area contributed by atoms with Crippen LogP contribution in [0.4, 0.5) is 5.69 Å². The van der Waals surface area contributed by atoms with Crippen LogP contribution in [-0.4, -0.2) is 18.5 Å². The van der Waals surface area contributed by atoms with Gasteiger partial charge in [0, 0.05) is 4.47 Å². The number of fused-ring (bicyclic) bond motifs is 1. The summed E-state index contributed by atoms with van der Waals surface area (Å²) in [6.45, 7) is 0.203. The maximum absolute atomic E-state index is 5.57. The highest BCUT2D eigenvalue weighted by molar-refractivity contribution is 9.10. The van der Waals surface area contributed by atoms with Gasteiger partial charge in [0.05, 0.1) is 5.88 Å². The maximum Gasteiger partial charge on any atom is 0.231 e. The molecule has 1 aromatic carbocycles. The summed E-state index contributed by atoms with van der Waals surface area (Å²) in [4.78, 5) is 4.16. The first-order chi connectivity index (χ1) is 7.22. The second kappa shape index (κ2) is 4.28. The van der Waals surface area contributed by atoms with Crippen molar-refractivity contribution >= 4 is 39.1 Å². The van der Waals surface area contributed by atoms with E-state index in [9.17, 15) is 0 Å². The SMILES string of the molecule is NC(CCl)=Nc1c(Br)ccc2c1OCO2. The van der Waals surface area contributed by atoms with Gasteiger partial charge in [0.15, 0.2) is 11.5 Å². The van der Waals surface area contributed by atoms with E-state index in [1.807, 2.05) is 12.1 Å². The van der Waals surface area contributed by atoms with Gasteiger partial charge in [-0.3, -0.25) is 0 Å². The highest BCUT2D eigenvalue weighted by Crippen LogP contribution is 2.45. The third-order valence-electron chi connectivity index (χ3n) is 1.86. The van der Waals surface area contributed by atoms with Crippen LogP contribution in [0.2, 0.25) is 0 Å². The van der Waals surface area contributed by atoms with Crippen LogP contribution in [-0.2, 0) is 0 Å². The van der Waals surface area contributed by atoms with E-state index in [1.54, 1.807) is 0 Å². The van der Waals surface area contributed by atoms with Crippen molar-refractivity contribution in [3.8, 4) is 11.5 Å². The Labute approximate surface area is 100 Å². The lowest BCUT2D eigenvalue weighted by Gasteiger charge is -2.04. The molecule has 0 radical (unpaired) electrons. The van der Waals surface area contributed by atoms with Crippen LogP contribution in [0.25, 0.3) is 0 Å². The minimum Gasteiger partial charge on any atom is -0.454 e. The van der Waals surface area contributed by atoms with Crippen LogP contribution in [0.1, 0.15) is 0 Å². The van der Waals surface area contributed by atoms with Crippen LogP contribution in [0.5, 0.6) is 11.5 Å². The molecule has 1 heterocycles. The lowest BCUT2D eigenvalue weighted by Crippen LogP contribution is -2.12. The summed E-state index contributed by atoms with van der Waals surface area (Å²) < 4.78 is 11.3. The van der Waals surface area contributed by atoms with Crippen LogP contribution in [0.3, 0.4) is 0 Å². The number of halogens is 2. The summed E-state index contributed by atoms with van der Waals surface area (Å²) in [7, 11) is 0. The van der Waals surface area contributed by atoms with E-state index < -0.39 is 0 Å². The third kappa shape index (κ3) is 2.03. The third-order valence-corrected chi connectivity index (χ3v) is 2.77. The molecule has 1 aliphatic rings. The van der Waals surface area contributed by atoms with Crippen molar-refractivity contribution < 1.29 is 9.47 Å². The Morgan fingerprint density at radius 1 is 1.53 bits per heavy atom. The standard InChI is InChI=1S/C9H8BrClN2O2/c10-5-1-2-6-9(15-4-14-6)8(5)13-7(12)3-11/h1-2H,3-4H2,(H2,12,13). The Hall–Kier alpha value is -0.940. The lowest BCUT2D eigenvalue weighted by molar-refractivity contribution is 0.174. The number of nitrogens with two attached hydrogens (primary N) is 1. The molecular weight excluding hydrogens is 283 g/mol. The van der Waals surface area contributed by atoms with E-state index in [4.69, 9.17) is 26.8 Å². The molecule has 0 spiro atoms. The Morgan fingerprint density at radius 2 is 2.33 bits per heavy atom. The van der Waals surface area contributed by atoms with Crippen molar-refractivity contribution in [3.05, 3.63) is 16.6 Å². The van der Waals surface area contributed by atoms with Crippen molar-refractivity contribution in [2.24, 2.45) is 10.7 Å². The molecule has 0 saturated carbocycles. The normalized spacial score (nSPS) is 14.4. The summed E-state index contributed by atoms with van der Waals surface area (Å²) in [5.41, 5.74) is 6.18. The summed E-state index contributed by atoms with van der Waals surface area (Å²) in [6, 6.07) is 3.64. The first-order valence-corrected chi connectivity index (χ1v) is 5.52. The average Bonchev–Trinajstić information content (AvgIpc) is 2.70. The molecule has 6 heteroatoms. The number of aliphatic imine (C=N–C) groups is 1. The molecule has 0 atom stereocenters. The quantitative estimate of drug-likeness (QED) is 0.517. The van der Waals surface area contributed by atoms with Gasteiger partial charge in [-0.1, -0.05) is 0 Å². The number of rotatable bonds is 2. The highest BCUT2D eigenvalue weighted by atomic mass is 79.9. The summed E-state index contributed by atoms with van der Waals surface area (Å²) in [6.07, 6.45) is 0. The Morgan fingerprint density at radius 3 is 3.07 bits per heavy atom. The van der Waals surface area contributed by atoms with Gasteiger partial charge in [-0.2, -0.15) is 0 Å². The largest absolute Gasteiger partial charge is 0.454 e. The highest BCUT2D eigenvalue weighted by Gasteiger charge is 2.19. The van der Waals surface area contributed by atoms with E-state index >= 15 is 0 Å².